The van der Waals surface area contributed by atoms with E-state index in [2.05, 4.69) is 20.6 Å². The Morgan fingerprint density at radius 2 is 2.03 bits per heavy atom. The zero-order valence-corrected chi connectivity index (χ0v) is 18.3. The van der Waals surface area contributed by atoms with Gasteiger partial charge in [-0.05, 0) is 18.2 Å². The van der Waals surface area contributed by atoms with Crippen LogP contribution in [0.4, 0.5) is 21.7 Å². The molecule has 0 atom stereocenters. The monoisotopic (exact) mass is 449 g/mol. The average Bonchev–Trinajstić information content (AvgIpc) is 3.20. The average molecular weight is 449 g/mol. The molecule has 4 aromatic rings. The van der Waals surface area contributed by atoms with Crippen molar-refractivity contribution >= 4 is 34.1 Å². The largest absolute Gasteiger partial charge is 0.494 e. The highest BCUT2D eigenvalue weighted by atomic mass is 19.1. The maximum atomic E-state index is 14.4. The lowest BCUT2D eigenvalue weighted by molar-refractivity contribution is -0.115. The molecule has 0 aliphatic rings. The van der Waals surface area contributed by atoms with Crippen LogP contribution in [0.3, 0.4) is 0 Å². The molecule has 0 saturated heterocycles. The number of amides is 1. The van der Waals surface area contributed by atoms with Gasteiger partial charge in [0, 0.05) is 47.9 Å². The van der Waals surface area contributed by atoms with Crippen molar-refractivity contribution in [1.82, 2.24) is 14.5 Å². The fourth-order valence-electron chi connectivity index (χ4n) is 3.59. The topological polar surface area (TPSA) is 101 Å². The molecule has 4 rings (SSSR count). The van der Waals surface area contributed by atoms with E-state index in [4.69, 9.17) is 4.74 Å². The van der Waals surface area contributed by atoms with E-state index in [0.29, 0.717) is 17.9 Å². The molecule has 2 heterocycles. The van der Waals surface area contributed by atoms with Crippen LogP contribution in [0, 0.1) is 5.82 Å². The summed E-state index contributed by atoms with van der Waals surface area (Å²) in [6.45, 7) is 2.18. The molecule has 0 spiro atoms. The molecule has 0 fully saturated rings. The minimum absolute atomic E-state index is 0.0238. The smallest absolute Gasteiger partial charge is 0.227 e. The van der Waals surface area contributed by atoms with Gasteiger partial charge in [-0.2, -0.15) is 0 Å². The van der Waals surface area contributed by atoms with Gasteiger partial charge < -0.3 is 25.0 Å². The van der Waals surface area contributed by atoms with Crippen LogP contribution in [0.5, 0.6) is 5.75 Å². The number of aromatic nitrogens is 3. The summed E-state index contributed by atoms with van der Waals surface area (Å²) in [5, 5.41) is 16.0. The standard InChI is InChI=1S/C24H24FN5O3/c1-3-23(32)27-19-13-20(22(33-2)12-17(19)25)29-24-26-9-8-18(28-24)16-14-30(10-11-31)21-7-5-4-6-15(16)21/h4-9,12-14,31H,3,10-11H2,1-2H3,(H,27,32)(H,26,28,29). The Labute approximate surface area is 190 Å². The van der Waals surface area contributed by atoms with Gasteiger partial charge in [0.2, 0.25) is 11.9 Å². The molecule has 33 heavy (non-hydrogen) atoms. The molecule has 0 saturated carbocycles. The number of hydrogen-bond acceptors (Lipinski definition) is 6. The van der Waals surface area contributed by atoms with E-state index in [1.54, 1.807) is 19.2 Å². The number of hydrogen-bond donors (Lipinski definition) is 3. The van der Waals surface area contributed by atoms with Gasteiger partial charge in [-0.15, -0.1) is 0 Å². The molecule has 0 unspecified atom stereocenters. The van der Waals surface area contributed by atoms with E-state index in [1.165, 1.54) is 19.2 Å². The van der Waals surface area contributed by atoms with Gasteiger partial charge in [-0.1, -0.05) is 25.1 Å². The molecule has 0 bridgehead atoms. The number of fused-ring (bicyclic) bond motifs is 1. The lowest BCUT2D eigenvalue weighted by Gasteiger charge is -2.14. The number of para-hydroxylation sites is 1. The highest BCUT2D eigenvalue weighted by Crippen LogP contribution is 2.34. The maximum Gasteiger partial charge on any atom is 0.227 e. The zero-order valence-electron chi connectivity index (χ0n) is 18.3. The first-order chi connectivity index (χ1) is 16.0. The number of carbonyl (C=O) groups excluding carboxylic acids is 1. The molecule has 3 N–H and O–H groups in total. The summed E-state index contributed by atoms with van der Waals surface area (Å²) in [6.07, 6.45) is 3.80. The Morgan fingerprint density at radius 1 is 1.21 bits per heavy atom. The molecule has 0 aliphatic carbocycles. The molecular formula is C24H24FN5O3. The summed E-state index contributed by atoms with van der Waals surface area (Å²) in [4.78, 5) is 20.7. The second-order valence-corrected chi connectivity index (χ2v) is 7.30. The van der Waals surface area contributed by atoms with Gasteiger partial charge in [-0.3, -0.25) is 4.79 Å². The Bertz CT molecular complexity index is 1300. The number of nitrogens with one attached hydrogen (secondary N) is 2. The number of ether oxygens (including phenoxy) is 1. The second-order valence-electron chi connectivity index (χ2n) is 7.30. The molecular weight excluding hydrogens is 425 g/mol. The molecule has 8 nitrogen and oxygen atoms in total. The minimum atomic E-state index is -0.606. The molecule has 170 valence electrons. The van der Waals surface area contributed by atoms with Crippen molar-refractivity contribution in [1.29, 1.82) is 0 Å². The number of carbonyl (C=O) groups is 1. The van der Waals surface area contributed by atoms with Crippen LogP contribution >= 0.6 is 0 Å². The van der Waals surface area contributed by atoms with Crippen LogP contribution in [0.1, 0.15) is 13.3 Å². The van der Waals surface area contributed by atoms with Crippen molar-refractivity contribution < 1.29 is 19.0 Å². The van der Waals surface area contributed by atoms with Gasteiger partial charge in [-0.25, -0.2) is 14.4 Å². The Morgan fingerprint density at radius 3 is 2.79 bits per heavy atom. The Kier molecular flexibility index (Phi) is 6.50. The molecule has 2 aromatic carbocycles. The van der Waals surface area contributed by atoms with Crippen molar-refractivity contribution in [2.45, 2.75) is 19.9 Å². The third-order valence-electron chi connectivity index (χ3n) is 5.19. The predicted molar refractivity (Wildman–Crippen MR) is 125 cm³/mol. The normalized spacial score (nSPS) is 10.9. The lowest BCUT2D eigenvalue weighted by Crippen LogP contribution is -2.11. The fourth-order valence-corrected chi connectivity index (χ4v) is 3.59. The van der Waals surface area contributed by atoms with Gasteiger partial charge >= 0.3 is 0 Å². The summed E-state index contributed by atoms with van der Waals surface area (Å²) >= 11 is 0. The first-order valence-electron chi connectivity index (χ1n) is 10.5. The first kappa shape index (κ1) is 22.2. The Balaban J connectivity index is 1.71. The number of aliphatic hydroxyl groups excluding tert-OH is 1. The SMILES string of the molecule is CCC(=O)Nc1cc(Nc2nccc(-c3cn(CCO)c4ccccc34)n2)c(OC)cc1F. The number of halogens is 1. The van der Waals surface area contributed by atoms with Crippen molar-refractivity contribution in [2.24, 2.45) is 0 Å². The zero-order chi connectivity index (χ0) is 23.4. The van der Waals surface area contributed by atoms with Crippen LogP contribution in [-0.2, 0) is 11.3 Å². The van der Waals surface area contributed by atoms with E-state index in [-0.39, 0.29) is 36.3 Å². The van der Waals surface area contributed by atoms with E-state index in [9.17, 15) is 14.3 Å². The first-order valence-corrected chi connectivity index (χ1v) is 10.5. The number of methoxy groups -OCH3 is 1. The summed E-state index contributed by atoms with van der Waals surface area (Å²) in [7, 11) is 1.43. The predicted octanol–water partition coefficient (Wildman–Crippen LogP) is 4.33. The lowest BCUT2D eigenvalue weighted by atomic mass is 10.1. The number of nitrogens with zero attached hydrogens (tertiary/aromatic N) is 3. The molecule has 9 heteroatoms. The van der Waals surface area contributed by atoms with Crippen molar-refractivity contribution in [3.63, 3.8) is 0 Å². The van der Waals surface area contributed by atoms with Crippen LogP contribution < -0.4 is 15.4 Å². The number of rotatable bonds is 8. The van der Waals surface area contributed by atoms with Crippen molar-refractivity contribution in [3.05, 3.63) is 60.7 Å². The summed E-state index contributed by atoms with van der Waals surface area (Å²) in [5.74, 6) is -0.382. The fraction of sp³-hybridized carbons (Fsp3) is 0.208. The summed E-state index contributed by atoms with van der Waals surface area (Å²) in [6, 6.07) is 12.3. The second kappa shape index (κ2) is 9.66. The third-order valence-corrected chi connectivity index (χ3v) is 5.19. The Hall–Kier alpha value is -3.98. The van der Waals surface area contributed by atoms with Crippen LogP contribution in [0.15, 0.2) is 54.9 Å². The van der Waals surface area contributed by atoms with Gasteiger partial charge in [0.05, 0.1) is 30.8 Å². The van der Waals surface area contributed by atoms with Crippen molar-refractivity contribution in [2.75, 3.05) is 24.4 Å². The number of benzene rings is 2. The van der Waals surface area contributed by atoms with E-state index >= 15 is 0 Å². The van der Waals surface area contributed by atoms with Crippen molar-refractivity contribution in [3.8, 4) is 17.0 Å². The highest BCUT2D eigenvalue weighted by molar-refractivity contribution is 5.95. The van der Waals surface area contributed by atoms with Gasteiger partial charge in [0.15, 0.2) is 5.82 Å². The van der Waals surface area contributed by atoms with Gasteiger partial charge in [0.25, 0.3) is 0 Å². The minimum Gasteiger partial charge on any atom is -0.494 e. The maximum absolute atomic E-state index is 14.4. The van der Waals surface area contributed by atoms with Gasteiger partial charge in [0.1, 0.15) is 5.75 Å². The van der Waals surface area contributed by atoms with E-state index in [1.807, 2.05) is 35.0 Å². The van der Waals surface area contributed by atoms with E-state index in [0.717, 1.165) is 16.5 Å². The third kappa shape index (κ3) is 4.63. The van der Waals surface area contributed by atoms with E-state index < -0.39 is 5.82 Å². The summed E-state index contributed by atoms with van der Waals surface area (Å²) < 4.78 is 21.6. The van der Waals surface area contributed by atoms with Crippen LogP contribution in [-0.4, -0.2) is 39.3 Å². The van der Waals surface area contributed by atoms with Crippen LogP contribution in [0.25, 0.3) is 22.2 Å². The quantitative estimate of drug-likeness (QED) is 0.370. The summed E-state index contributed by atoms with van der Waals surface area (Å²) in [5.41, 5.74) is 3.01. The molecule has 0 aliphatic heterocycles. The molecule has 1 amide bonds. The van der Waals surface area contributed by atoms with Crippen LogP contribution in [0.2, 0.25) is 0 Å². The highest BCUT2D eigenvalue weighted by Gasteiger charge is 2.15. The number of aliphatic hydroxyl groups is 1. The number of anilines is 3. The molecule has 2 aromatic heterocycles. The molecule has 0 radical (unpaired) electrons.